The summed E-state index contributed by atoms with van der Waals surface area (Å²) in [6.07, 6.45) is 1.16. The van der Waals surface area contributed by atoms with Gasteiger partial charge in [-0.05, 0) is 42.1 Å². The van der Waals surface area contributed by atoms with Gasteiger partial charge in [0.25, 0.3) is 0 Å². The molecule has 1 aromatic carbocycles. The standard InChI is InChI=1S/C11H14BrN/c1-8-7-13-5-4-9-2-3-10(12)6-11(8)9/h2-3,6,8,13H,4-5,7H2,1H3. The minimum absolute atomic E-state index is 0.634. The van der Waals surface area contributed by atoms with Gasteiger partial charge in [-0.25, -0.2) is 0 Å². The van der Waals surface area contributed by atoms with Crippen LogP contribution in [0.15, 0.2) is 22.7 Å². The van der Waals surface area contributed by atoms with Crippen LogP contribution in [-0.2, 0) is 6.42 Å². The smallest absolute Gasteiger partial charge is 0.0178 e. The first kappa shape index (κ1) is 9.22. The molecular weight excluding hydrogens is 226 g/mol. The molecule has 1 aliphatic heterocycles. The van der Waals surface area contributed by atoms with Crippen LogP contribution in [0.3, 0.4) is 0 Å². The van der Waals surface area contributed by atoms with Gasteiger partial charge < -0.3 is 5.32 Å². The lowest BCUT2D eigenvalue weighted by Crippen LogP contribution is -2.18. The average Bonchev–Trinajstić information content (AvgIpc) is 2.29. The van der Waals surface area contributed by atoms with Crippen molar-refractivity contribution in [3.63, 3.8) is 0 Å². The summed E-state index contributed by atoms with van der Waals surface area (Å²) in [5.41, 5.74) is 3.00. The van der Waals surface area contributed by atoms with Crippen LogP contribution in [0.4, 0.5) is 0 Å². The Morgan fingerprint density at radius 1 is 1.46 bits per heavy atom. The molecule has 0 aliphatic carbocycles. The van der Waals surface area contributed by atoms with Crippen LogP contribution in [0.1, 0.15) is 24.0 Å². The highest BCUT2D eigenvalue weighted by Crippen LogP contribution is 2.25. The number of rotatable bonds is 0. The van der Waals surface area contributed by atoms with Crippen LogP contribution >= 0.6 is 15.9 Å². The zero-order chi connectivity index (χ0) is 9.26. The Balaban J connectivity index is 2.43. The molecular formula is C11H14BrN. The molecule has 0 fully saturated rings. The molecule has 2 heteroatoms. The minimum Gasteiger partial charge on any atom is -0.316 e. The number of hydrogen-bond donors (Lipinski definition) is 1. The molecule has 1 unspecified atom stereocenters. The third-order valence-corrected chi connectivity index (χ3v) is 3.15. The highest BCUT2D eigenvalue weighted by atomic mass is 79.9. The van der Waals surface area contributed by atoms with Gasteiger partial charge in [-0.15, -0.1) is 0 Å². The van der Waals surface area contributed by atoms with Crippen molar-refractivity contribution >= 4 is 15.9 Å². The fraction of sp³-hybridized carbons (Fsp3) is 0.455. The topological polar surface area (TPSA) is 12.0 Å². The van der Waals surface area contributed by atoms with Crippen molar-refractivity contribution in [2.45, 2.75) is 19.3 Å². The Bertz CT molecular complexity index is 309. The maximum absolute atomic E-state index is 3.52. The van der Waals surface area contributed by atoms with Gasteiger partial charge in [-0.2, -0.15) is 0 Å². The van der Waals surface area contributed by atoms with Crippen LogP contribution in [0.2, 0.25) is 0 Å². The van der Waals surface area contributed by atoms with E-state index in [1.165, 1.54) is 15.6 Å². The predicted octanol–water partition coefficient (Wildman–Crippen LogP) is 2.70. The third-order valence-electron chi connectivity index (χ3n) is 2.66. The fourth-order valence-corrected chi connectivity index (χ4v) is 2.28. The van der Waals surface area contributed by atoms with Crippen molar-refractivity contribution in [3.05, 3.63) is 33.8 Å². The molecule has 70 valence electrons. The lowest BCUT2D eigenvalue weighted by Gasteiger charge is -2.12. The quantitative estimate of drug-likeness (QED) is 0.735. The largest absolute Gasteiger partial charge is 0.316 e. The third kappa shape index (κ3) is 1.94. The van der Waals surface area contributed by atoms with Crippen molar-refractivity contribution in [1.82, 2.24) is 5.32 Å². The Kier molecular flexibility index (Phi) is 2.70. The van der Waals surface area contributed by atoms with Gasteiger partial charge in [-0.3, -0.25) is 0 Å². The molecule has 0 radical (unpaired) electrons. The number of fused-ring (bicyclic) bond motifs is 1. The van der Waals surface area contributed by atoms with E-state index in [4.69, 9.17) is 0 Å². The summed E-state index contributed by atoms with van der Waals surface area (Å²) in [5, 5.41) is 3.45. The summed E-state index contributed by atoms with van der Waals surface area (Å²) in [6.45, 7) is 4.49. The van der Waals surface area contributed by atoms with E-state index in [1.54, 1.807) is 0 Å². The molecule has 0 saturated carbocycles. The maximum Gasteiger partial charge on any atom is 0.0178 e. The molecule has 1 aliphatic rings. The lowest BCUT2D eigenvalue weighted by molar-refractivity contribution is 0.644. The van der Waals surface area contributed by atoms with Gasteiger partial charge in [-0.1, -0.05) is 28.9 Å². The molecule has 1 N–H and O–H groups in total. The summed E-state index contributed by atoms with van der Waals surface area (Å²) in [6, 6.07) is 6.63. The molecule has 2 rings (SSSR count). The van der Waals surface area contributed by atoms with Crippen LogP contribution in [-0.4, -0.2) is 13.1 Å². The van der Waals surface area contributed by atoms with Crippen LogP contribution in [0.5, 0.6) is 0 Å². The van der Waals surface area contributed by atoms with Crippen LogP contribution in [0, 0.1) is 0 Å². The molecule has 0 aromatic heterocycles. The molecule has 13 heavy (non-hydrogen) atoms. The van der Waals surface area contributed by atoms with Crippen LogP contribution in [0.25, 0.3) is 0 Å². The first-order chi connectivity index (χ1) is 6.27. The Morgan fingerprint density at radius 3 is 3.15 bits per heavy atom. The Morgan fingerprint density at radius 2 is 2.31 bits per heavy atom. The van der Waals surface area contributed by atoms with Crippen LogP contribution < -0.4 is 5.32 Å². The number of hydrogen-bond acceptors (Lipinski definition) is 1. The molecule has 0 spiro atoms. The van der Waals surface area contributed by atoms with E-state index in [2.05, 4.69) is 46.4 Å². The number of nitrogens with one attached hydrogen (secondary N) is 1. The molecule has 0 bridgehead atoms. The lowest BCUT2D eigenvalue weighted by atomic mass is 9.96. The molecule has 1 heterocycles. The van der Waals surface area contributed by atoms with Crippen molar-refractivity contribution < 1.29 is 0 Å². The van der Waals surface area contributed by atoms with E-state index in [-0.39, 0.29) is 0 Å². The Hall–Kier alpha value is -0.340. The van der Waals surface area contributed by atoms with Gasteiger partial charge in [0.05, 0.1) is 0 Å². The SMILES string of the molecule is CC1CNCCc2ccc(Br)cc21. The van der Waals surface area contributed by atoms with Gasteiger partial charge in [0.2, 0.25) is 0 Å². The van der Waals surface area contributed by atoms with Gasteiger partial charge in [0, 0.05) is 11.0 Å². The first-order valence-electron chi connectivity index (χ1n) is 4.76. The monoisotopic (exact) mass is 239 g/mol. The zero-order valence-corrected chi connectivity index (χ0v) is 9.39. The summed E-state index contributed by atoms with van der Waals surface area (Å²) < 4.78 is 1.19. The minimum atomic E-state index is 0.634. The van der Waals surface area contributed by atoms with E-state index in [0.717, 1.165) is 19.5 Å². The average molecular weight is 240 g/mol. The molecule has 0 amide bonds. The maximum atomic E-state index is 3.52. The van der Waals surface area contributed by atoms with Gasteiger partial charge >= 0.3 is 0 Å². The summed E-state index contributed by atoms with van der Waals surface area (Å²) in [4.78, 5) is 0. The molecule has 1 atom stereocenters. The normalized spacial score (nSPS) is 22.2. The summed E-state index contributed by atoms with van der Waals surface area (Å²) >= 11 is 3.52. The van der Waals surface area contributed by atoms with E-state index < -0.39 is 0 Å². The van der Waals surface area contributed by atoms with Crippen molar-refractivity contribution in [2.75, 3.05) is 13.1 Å². The molecule has 1 nitrogen and oxygen atoms in total. The summed E-state index contributed by atoms with van der Waals surface area (Å²) in [7, 11) is 0. The van der Waals surface area contributed by atoms with E-state index in [0.29, 0.717) is 5.92 Å². The summed E-state index contributed by atoms with van der Waals surface area (Å²) in [5.74, 6) is 0.634. The van der Waals surface area contributed by atoms with E-state index >= 15 is 0 Å². The fourth-order valence-electron chi connectivity index (χ4n) is 1.90. The molecule has 0 saturated heterocycles. The zero-order valence-electron chi connectivity index (χ0n) is 7.81. The second-order valence-corrected chi connectivity index (χ2v) is 4.61. The first-order valence-corrected chi connectivity index (χ1v) is 5.55. The second-order valence-electron chi connectivity index (χ2n) is 3.70. The highest BCUT2D eigenvalue weighted by Gasteiger charge is 2.13. The van der Waals surface area contributed by atoms with E-state index in [1.807, 2.05) is 0 Å². The van der Waals surface area contributed by atoms with Crippen molar-refractivity contribution in [2.24, 2.45) is 0 Å². The highest BCUT2D eigenvalue weighted by molar-refractivity contribution is 9.10. The second kappa shape index (κ2) is 3.81. The van der Waals surface area contributed by atoms with Gasteiger partial charge in [0.1, 0.15) is 0 Å². The number of halogens is 1. The van der Waals surface area contributed by atoms with Gasteiger partial charge in [0.15, 0.2) is 0 Å². The Labute approximate surface area is 87.7 Å². The predicted molar refractivity (Wildman–Crippen MR) is 59.1 cm³/mol. The molecule has 1 aromatic rings. The van der Waals surface area contributed by atoms with Crippen molar-refractivity contribution in [3.8, 4) is 0 Å². The van der Waals surface area contributed by atoms with E-state index in [9.17, 15) is 0 Å². The van der Waals surface area contributed by atoms with Crippen molar-refractivity contribution in [1.29, 1.82) is 0 Å². The number of benzene rings is 1.